The Morgan fingerprint density at radius 3 is 1.27 bits per heavy atom. The van der Waals surface area contributed by atoms with Gasteiger partial charge in [0.25, 0.3) is 0 Å². The lowest BCUT2D eigenvalue weighted by Crippen LogP contribution is -2.60. The van der Waals surface area contributed by atoms with E-state index >= 15 is 0 Å². The van der Waals surface area contributed by atoms with Crippen LogP contribution in [0.25, 0.3) is 0 Å². The fourth-order valence-corrected chi connectivity index (χ4v) is 13.9. The Balaban J connectivity index is 0.000000144. The predicted molar refractivity (Wildman–Crippen MR) is 217 cm³/mol. The second-order valence-corrected chi connectivity index (χ2v) is 23.9. The molecular formula is C48H68F6O10. The average Bonchev–Trinajstić information content (AvgIpc) is 3.97. The van der Waals surface area contributed by atoms with Crippen molar-refractivity contribution in [1.82, 2.24) is 0 Å². The Labute approximate surface area is 372 Å². The normalized spacial score (nSPS) is 42.0. The van der Waals surface area contributed by atoms with Gasteiger partial charge >= 0.3 is 42.2 Å². The first-order chi connectivity index (χ1) is 29.2. The van der Waals surface area contributed by atoms with Crippen molar-refractivity contribution in [3.63, 3.8) is 0 Å². The first kappa shape index (κ1) is 48.9. The molecule has 12 atom stereocenters. The van der Waals surface area contributed by atoms with E-state index in [9.17, 15) is 50.3 Å². The summed E-state index contributed by atoms with van der Waals surface area (Å²) in [4.78, 5) is 60.6. The molecule has 8 aliphatic carbocycles. The number of rotatable bonds is 9. The van der Waals surface area contributed by atoms with Crippen molar-refractivity contribution in [1.29, 1.82) is 0 Å². The number of fused-ring (bicyclic) bond motifs is 2. The molecule has 10 rings (SSSR count). The lowest BCUT2D eigenvalue weighted by atomic mass is 9.43. The van der Waals surface area contributed by atoms with Crippen molar-refractivity contribution in [3.05, 3.63) is 0 Å². The molecule has 10 nitrogen and oxygen atoms in total. The summed E-state index contributed by atoms with van der Waals surface area (Å²) in [6.07, 6.45) is -3.56. The number of hydrogen-bond donors (Lipinski definition) is 0. The molecule has 0 spiro atoms. The summed E-state index contributed by atoms with van der Waals surface area (Å²) < 4.78 is 107. The minimum Gasteiger partial charge on any atom is -0.459 e. The van der Waals surface area contributed by atoms with Crippen LogP contribution >= 0.6 is 0 Å². The maximum Gasteiger partial charge on any atom is 0.405 e. The highest BCUT2D eigenvalue weighted by atomic mass is 19.4. The van der Waals surface area contributed by atoms with E-state index in [1.165, 1.54) is 19.3 Å². The van der Waals surface area contributed by atoms with Gasteiger partial charge in [-0.2, -0.15) is 26.3 Å². The van der Waals surface area contributed by atoms with E-state index < -0.39 is 106 Å². The zero-order valence-corrected chi connectivity index (χ0v) is 39.2. The summed E-state index contributed by atoms with van der Waals surface area (Å²) in [7, 11) is 0. The van der Waals surface area contributed by atoms with Crippen LogP contribution in [-0.4, -0.2) is 72.2 Å². The average molecular weight is 919 g/mol. The Kier molecular flexibility index (Phi) is 11.6. The van der Waals surface area contributed by atoms with Crippen molar-refractivity contribution in [2.75, 3.05) is 0 Å². The van der Waals surface area contributed by atoms with Gasteiger partial charge in [0.05, 0.1) is 16.2 Å². The number of ether oxygens (including phenoxy) is 5. The van der Waals surface area contributed by atoms with E-state index in [2.05, 4.69) is 20.8 Å². The van der Waals surface area contributed by atoms with Crippen molar-refractivity contribution in [3.8, 4) is 0 Å². The topological polar surface area (TPSA) is 132 Å². The number of halogens is 6. The van der Waals surface area contributed by atoms with E-state index in [4.69, 9.17) is 23.7 Å². The van der Waals surface area contributed by atoms with Gasteiger partial charge in [-0.25, -0.2) is 0 Å². The van der Waals surface area contributed by atoms with Crippen molar-refractivity contribution >= 4 is 29.8 Å². The standard InChI is InChI=1S/C18H30O2.2C15H19F3O4/c1-6-15(2,3)14(19)20-18-9-13-7-16(4,11-18)10-17(5,8-13)12-18;2*1-4-13(2,3)11(19)21-9-7-5-8-10(9)22-12(20)14(8,6-7)15(16,17)18/h13H,6-12H2,1-5H3;2*7-10H,4-6H2,1-3H3. The van der Waals surface area contributed by atoms with Crippen LogP contribution in [0.1, 0.15) is 160 Å². The van der Waals surface area contributed by atoms with Gasteiger partial charge in [-0.15, -0.1) is 0 Å². The van der Waals surface area contributed by atoms with E-state index in [1.807, 2.05) is 27.7 Å². The van der Waals surface area contributed by atoms with E-state index in [0.29, 0.717) is 23.7 Å². The molecule has 362 valence electrons. The highest BCUT2D eigenvalue weighted by molar-refractivity contribution is 5.84. The van der Waals surface area contributed by atoms with Gasteiger partial charge in [-0.05, 0) is 142 Å². The zero-order chi connectivity index (χ0) is 47.8. The summed E-state index contributed by atoms with van der Waals surface area (Å²) in [6, 6.07) is 0. The maximum atomic E-state index is 13.4. The van der Waals surface area contributed by atoms with Gasteiger partial charge < -0.3 is 23.7 Å². The lowest BCUT2D eigenvalue weighted by molar-refractivity contribution is -0.232. The number of esters is 5. The molecule has 0 radical (unpaired) electrons. The van der Waals surface area contributed by atoms with Gasteiger partial charge in [0.15, 0.2) is 10.8 Å². The third-order valence-corrected chi connectivity index (χ3v) is 17.8. The fourth-order valence-electron chi connectivity index (χ4n) is 13.9. The quantitative estimate of drug-likeness (QED) is 0.125. The maximum absolute atomic E-state index is 13.4. The van der Waals surface area contributed by atoms with Crippen LogP contribution in [0.5, 0.6) is 0 Å². The molecule has 0 N–H and O–H groups in total. The van der Waals surface area contributed by atoms with Crippen molar-refractivity contribution < 1.29 is 74.0 Å². The largest absolute Gasteiger partial charge is 0.459 e. The van der Waals surface area contributed by atoms with Crippen LogP contribution in [0.2, 0.25) is 0 Å². The lowest BCUT2D eigenvalue weighted by Gasteiger charge is -2.64. The molecule has 0 aromatic heterocycles. The predicted octanol–water partition coefficient (Wildman–Crippen LogP) is 10.4. The number of hydrogen-bond acceptors (Lipinski definition) is 10. The summed E-state index contributed by atoms with van der Waals surface area (Å²) in [5, 5.41) is 0. The third-order valence-electron chi connectivity index (χ3n) is 17.8. The first-order valence-corrected chi connectivity index (χ1v) is 23.4. The van der Waals surface area contributed by atoms with Gasteiger partial charge in [-0.1, -0.05) is 34.6 Å². The second kappa shape index (κ2) is 15.2. The molecule has 2 saturated heterocycles. The molecule has 16 heteroatoms. The van der Waals surface area contributed by atoms with E-state index in [1.54, 1.807) is 27.7 Å². The van der Waals surface area contributed by atoms with Crippen LogP contribution in [0.15, 0.2) is 0 Å². The van der Waals surface area contributed by atoms with Crippen molar-refractivity contribution in [2.24, 2.45) is 67.5 Å². The van der Waals surface area contributed by atoms with Gasteiger partial charge in [0.1, 0.15) is 30.0 Å². The molecule has 10 aliphatic rings. The third kappa shape index (κ3) is 7.54. The summed E-state index contributed by atoms with van der Waals surface area (Å²) in [6.45, 7) is 21.5. The molecule has 0 aromatic rings. The van der Waals surface area contributed by atoms with E-state index in [-0.39, 0.29) is 42.7 Å². The van der Waals surface area contributed by atoms with Gasteiger partial charge in [0.2, 0.25) is 0 Å². The van der Waals surface area contributed by atoms with Crippen LogP contribution in [0.3, 0.4) is 0 Å². The molecule has 2 aliphatic heterocycles. The molecular weight excluding hydrogens is 851 g/mol. The van der Waals surface area contributed by atoms with Crippen molar-refractivity contribution in [2.45, 2.75) is 202 Å². The smallest absolute Gasteiger partial charge is 0.405 e. The molecule has 0 aromatic carbocycles. The molecule has 64 heavy (non-hydrogen) atoms. The zero-order valence-electron chi connectivity index (χ0n) is 39.2. The summed E-state index contributed by atoms with van der Waals surface area (Å²) >= 11 is 0. The Bertz CT molecular complexity index is 1810. The minimum atomic E-state index is -4.62. The molecule has 8 bridgehead atoms. The van der Waals surface area contributed by atoms with Gasteiger partial charge in [0, 0.05) is 23.7 Å². The molecule has 2 heterocycles. The second-order valence-electron chi connectivity index (χ2n) is 23.9. The van der Waals surface area contributed by atoms with Gasteiger partial charge in [-0.3, -0.25) is 24.0 Å². The highest BCUT2D eigenvalue weighted by Gasteiger charge is 2.82. The molecule has 8 saturated carbocycles. The van der Waals surface area contributed by atoms with Crippen LogP contribution in [-0.2, 0) is 47.7 Å². The first-order valence-electron chi connectivity index (χ1n) is 23.4. The fraction of sp³-hybridized carbons (Fsp3) is 0.896. The molecule has 10 fully saturated rings. The molecule has 12 unspecified atom stereocenters. The summed E-state index contributed by atoms with van der Waals surface area (Å²) in [5.41, 5.74) is -5.85. The monoisotopic (exact) mass is 918 g/mol. The van der Waals surface area contributed by atoms with E-state index in [0.717, 1.165) is 31.6 Å². The Morgan fingerprint density at radius 2 is 0.938 bits per heavy atom. The SMILES string of the molecule is CCC(C)(C)C(=O)OC12CC3CC(C)(CC(C)(C3)C1)C2.CCC(C)(C)C(=O)OC1C2CC3C1OC(=O)C3(C(F)(F)F)C2.CCC(C)(C)C(=O)OC1C2CC3C1OC(=O)C3(C(F)(F)F)C2. The molecule has 0 amide bonds. The van der Waals surface area contributed by atoms with Crippen LogP contribution in [0.4, 0.5) is 26.3 Å². The Hall–Kier alpha value is -3.07. The Morgan fingerprint density at radius 1 is 0.578 bits per heavy atom. The number of alkyl halides is 6. The van der Waals surface area contributed by atoms with Crippen LogP contribution < -0.4 is 0 Å². The number of carbonyl (C=O) groups excluding carboxylic acids is 5. The summed E-state index contributed by atoms with van der Waals surface area (Å²) in [5.74, 6) is -5.27. The number of carbonyl (C=O) groups is 5. The minimum absolute atomic E-state index is 0.0224. The highest BCUT2D eigenvalue weighted by Crippen LogP contribution is 2.70. The van der Waals surface area contributed by atoms with Crippen LogP contribution in [0, 0.1) is 67.5 Å².